The van der Waals surface area contributed by atoms with Gasteiger partial charge in [-0.3, -0.25) is 9.69 Å². The first-order valence-corrected chi connectivity index (χ1v) is 17.0. The van der Waals surface area contributed by atoms with Gasteiger partial charge in [0.05, 0.1) is 42.2 Å². The summed E-state index contributed by atoms with van der Waals surface area (Å²) in [6, 6.07) is 0.0860. The minimum atomic E-state index is -4.68. The summed E-state index contributed by atoms with van der Waals surface area (Å²) in [6.45, 7) is 5.55. The molecular weight excluding hydrogens is 641 g/mol. The van der Waals surface area contributed by atoms with Crippen molar-refractivity contribution in [2.75, 3.05) is 66.2 Å². The van der Waals surface area contributed by atoms with E-state index in [4.69, 9.17) is 4.74 Å². The second-order valence-electron chi connectivity index (χ2n) is 12.2. The fourth-order valence-corrected chi connectivity index (χ4v) is 7.55. The maximum absolute atomic E-state index is 13.8. The van der Waals surface area contributed by atoms with Crippen molar-refractivity contribution in [2.24, 2.45) is 0 Å². The van der Waals surface area contributed by atoms with Crippen LogP contribution in [0.4, 0.5) is 46.8 Å². The normalized spacial score (nSPS) is 20.6. The molecule has 0 radical (unpaired) electrons. The summed E-state index contributed by atoms with van der Waals surface area (Å²) in [7, 11) is 2.19. The van der Waals surface area contributed by atoms with Gasteiger partial charge in [0.25, 0.3) is 0 Å². The van der Waals surface area contributed by atoms with E-state index < -0.39 is 40.0 Å². The lowest BCUT2D eigenvalue weighted by atomic mass is 10.1. The van der Waals surface area contributed by atoms with E-state index in [1.54, 1.807) is 12.1 Å². The quantitative estimate of drug-likeness (QED) is 0.377. The fraction of sp³-hybridized carbons (Fsp3) is 0.533. The number of nitrogens with zero attached hydrogens (tertiary/aromatic N) is 6. The van der Waals surface area contributed by atoms with Crippen molar-refractivity contribution < 1.29 is 35.9 Å². The Hall–Kier alpha value is -4.12. The number of aromatic nitrogens is 2. The van der Waals surface area contributed by atoms with Crippen LogP contribution in [-0.2, 0) is 21.2 Å². The molecular formula is C30H39F3N8O5S. The molecule has 0 aliphatic carbocycles. The zero-order chi connectivity index (χ0) is 34.3. The Morgan fingerprint density at radius 1 is 1.19 bits per heavy atom. The molecule has 3 aliphatic rings. The number of amides is 3. The number of benzene rings is 1. The highest BCUT2D eigenvalue weighted by Crippen LogP contribution is 2.41. The molecule has 5 rings (SSSR count). The summed E-state index contributed by atoms with van der Waals surface area (Å²) >= 11 is 0. The Balaban J connectivity index is 1.52. The standard InChI is InChI=1S/C30H39F3N8O5S/c1-6-26(42)35-22-13-23(25(46-5)14-24(22)39-10-7-21(17-39)38(3)4)36-28-34-15-19-16-40(18(2)30(31,32)33)29(43)41(27(19)37-28)20-8-11-47(44,45)12-9-20/h6,13-15,18,20-21H,1,7-12,16-17H2,2-5H3,(H,35,42)(H,34,36,37)/t18-,21+/m0/s1. The molecule has 1 aromatic carbocycles. The average molecular weight is 681 g/mol. The van der Waals surface area contributed by atoms with Gasteiger partial charge in [-0.2, -0.15) is 18.2 Å². The average Bonchev–Trinajstić information content (AvgIpc) is 3.51. The third-order valence-electron chi connectivity index (χ3n) is 8.93. The zero-order valence-electron chi connectivity index (χ0n) is 26.7. The highest BCUT2D eigenvalue weighted by molar-refractivity contribution is 7.91. The third-order valence-corrected chi connectivity index (χ3v) is 10.7. The van der Waals surface area contributed by atoms with Gasteiger partial charge in [-0.15, -0.1) is 0 Å². The Labute approximate surface area is 271 Å². The van der Waals surface area contributed by atoms with Crippen molar-refractivity contribution in [2.45, 2.75) is 57.0 Å². The van der Waals surface area contributed by atoms with E-state index in [-0.39, 0.29) is 48.2 Å². The van der Waals surface area contributed by atoms with Crippen molar-refractivity contribution in [1.82, 2.24) is 19.8 Å². The van der Waals surface area contributed by atoms with Gasteiger partial charge < -0.3 is 30.1 Å². The predicted molar refractivity (Wildman–Crippen MR) is 172 cm³/mol. The van der Waals surface area contributed by atoms with Gasteiger partial charge in [0.1, 0.15) is 27.4 Å². The van der Waals surface area contributed by atoms with Crippen LogP contribution in [0.25, 0.3) is 0 Å². The van der Waals surface area contributed by atoms with Crippen LogP contribution in [0, 0.1) is 0 Å². The SMILES string of the molecule is C=CC(=O)Nc1cc(Nc2ncc3c(n2)N(C2CCS(=O)(=O)CC2)C(=O)N([C@@H](C)C(F)(F)F)C3)c(OC)cc1N1CC[C@@H](N(C)C)C1. The maximum Gasteiger partial charge on any atom is 0.408 e. The molecule has 2 atom stereocenters. The van der Waals surface area contributed by atoms with E-state index in [0.717, 1.165) is 38.2 Å². The topological polar surface area (TPSA) is 140 Å². The van der Waals surface area contributed by atoms with Crippen molar-refractivity contribution >= 4 is 50.6 Å². The van der Waals surface area contributed by atoms with E-state index in [2.05, 4.69) is 37.0 Å². The minimum Gasteiger partial charge on any atom is -0.494 e. The van der Waals surface area contributed by atoms with Crippen LogP contribution < -0.4 is 25.2 Å². The molecule has 1 aromatic heterocycles. The van der Waals surface area contributed by atoms with Crippen LogP contribution in [0.3, 0.4) is 0 Å². The lowest BCUT2D eigenvalue weighted by Gasteiger charge is -2.43. The molecule has 2 aromatic rings. The second-order valence-corrected chi connectivity index (χ2v) is 14.5. The Morgan fingerprint density at radius 3 is 2.49 bits per heavy atom. The molecule has 13 nitrogen and oxygen atoms in total. The summed E-state index contributed by atoms with van der Waals surface area (Å²) in [5.41, 5.74) is 1.88. The maximum atomic E-state index is 13.8. The summed E-state index contributed by atoms with van der Waals surface area (Å²) in [6.07, 6.45) is -1.13. The Bertz CT molecular complexity index is 1640. The van der Waals surface area contributed by atoms with Crippen LogP contribution in [0.2, 0.25) is 0 Å². The Morgan fingerprint density at radius 2 is 1.89 bits per heavy atom. The number of urea groups is 1. The first-order chi connectivity index (χ1) is 22.1. The minimum absolute atomic E-state index is 0.0168. The molecule has 2 N–H and O–H groups in total. The number of alkyl halides is 3. The third kappa shape index (κ3) is 7.25. The summed E-state index contributed by atoms with van der Waals surface area (Å²) in [5.74, 6) is -0.291. The summed E-state index contributed by atoms with van der Waals surface area (Å²) < 4.78 is 71.3. The molecule has 47 heavy (non-hydrogen) atoms. The van der Waals surface area contributed by atoms with Gasteiger partial charge >= 0.3 is 12.2 Å². The van der Waals surface area contributed by atoms with E-state index in [1.165, 1.54) is 18.2 Å². The molecule has 17 heteroatoms. The molecule has 256 valence electrons. The highest BCUT2D eigenvalue weighted by atomic mass is 32.2. The molecule has 2 saturated heterocycles. The molecule has 0 spiro atoms. The number of halogens is 3. The number of carbonyl (C=O) groups excluding carboxylic acids is 2. The number of hydrogen-bond acceptors (Lipinski definition) is 10. The van der Waals surface area contributed by atoms with Crippen LogP contribution in [0.15, 0.2) is 31.0 Å². The largest absolute Gasteiger partial charge is 0.494 e. The first-order valence-electron chi connectivity index (χ1n) is 15.2. The van der Waals surface area contributed by atoms with Crippen molar-refractivity contribution in [3.05, 3.63) is 36.5 Å². The summed E-state index contributed by atoms with van der Waals surface area (Å²) in [5, 5.41) is 5.93. The van der Waals surface area contributed by atoms with Crippen molar-refractivity contribution in [3.63, 3.8) is 0 Å². The molecule has 0 saturated carbocycles. The lowest BCUT2D eigenvalue weighted by Crippen LogP contribution is -2.58. The van der Waals surface area contributed by atoms with E-state index in [9.17, 15) is 31.2 Å². The molecule has 4 heterocycles. The first kappa shape index (κ1) is 34.2. The fourth-order valence-electron chi connectivity index (χ4n) is 6.09. The van der Waals surface area contributed by atoms with Gasteiger partial charge in [0, 0.05) is 43.0 Å². The number of sulfone groups is 1. The predicted octanol–water partition coefficient (Wildman–Crippen LogP) is 3.76. The highest BCUT2D eigenvalue weighted by Gasteiger charge is 2.48. The van der Waals surface area contributed by atoms with Gasteiger partial charge in [-0.05, 0) is 52.4 Å². The van der Waals surface area contributed by atoms with Gasteiger partial charge in [-0.25, -0.2) is 18.2 Å². The van der Waals surface area contributed by atoms with Gasteiger partial charge in [-0.1, -0.05) is 6.58 Å². The molecule has 3 amide bonds. The number of hydrogen-bond donors (Lipinski definition) is 2. The molecule has 0 unspecified atom stereocenters. The number of anilines is 5. The molecule has 3 aliphatic heterocycles. The number of likely N-dealkylation sites (N-methyl/N-ethyl adjacent to an activating group) is 1. The number of carbonyl (C=O) groups is 2. The van der Waals surface area contributed by atoms with Gasteiger partial charge in [0.2, 0.25) is 11.9 Å². The smallest absolute Gasteiger partial charge is 0.408 e. The number of fused-ring (bicyclic) bond motifs is 1. The summed E-state index contributed by atoms with van der Waals surface area (Å²) in [4.78, 5) is 41.2. The number of methoxy groups -OCH3 is 1. The van der Waals surface area contributed by atoms with Crippen LogP contribution in [-0.4, -0.2) is 110 Å². The zero-order valence-corrected chi connectivity index (χ0v) is 27.5. The van der Waals surface area contributed by atoms with Crippen LogP contribution in [0.5, 0.6) is 5.75 Å². The monoisotopic (exact) mass is 680 g/mol. The van der Waals surface area contributed by atoms with Crippen LogP contribution in [0.1, 0.15) is 31.7 Å². The van der Waals surface area contributed by atoms with E-state index in [0.29, 0.717) is 28.1 Å². The van der Waals surface area contributed by atoms with E-state index in [1.807, 2.05) is 14.1 Å². The van der Waals surface area contributed by atoms with Crippen molar-refractivity contribution in [3.8, 4) is 5.75 Å². The van der Waals surface area contributed by atoms with Gasteiger partial charge in [0.15, 0.2) is 0 Å². The molecule has 0 bridgehead atoms. The lowest BCUT2D eigenvalue weighted by molar-refractivity contribution is -0.172. The molecule has 2 fully saturated rings. The van der Waals surface area contributed by atoms with E-state index >= 15 is 0 Å². The van der Waals surface area contributed by atoms with Crippen molar-refractivity contribution in [1.29, 1.82) is 0 Å². The Kier molecular flexibility index (Phi) is 9.59. The number of rotatable bonds is 9. The second kappa shape index (κ2) is 13.2. The number of ether oxygens (including phenoxy) is 1. The number of nitrogens with one attached hydrogen (secondary N) is 2. The van der Waals surface area contributed by atoms with Crippen LogP contribution >= 0.6 is 0 Å².